The van der Waals surface area contributed by atoms with Crippen molar-refractivity contribution in [3.63, 3.8) is 0 Å². The zero-order chi connectivity index (χ0) is 48.2. The number of piperidine rings is 1. The number of allylic oxidation sites excluding steroid dienone is 6. The molecule has 0 aromatic carbocycles. The Kier molecular flexibility index (Phi) is 21.7. The minimum atomic E-state index is -2.41. The molecular weight excluding hydrogens is 945 g/mol. The van der Waals surface area contributed by atoms with Gasteiger partial charge in [0.15, 0.2) is 5.78 Å². The molecule has 65 heavy (non-hydrogen) atoms. The van der Waals surface area contributed by atoms with E-state index in [0.717, 1.165) is 24.8 Å². The number of hydrogen-bond donors (Lipinski definition) is 2. The van der Waals surface area contributed by atoms with Crippen molar-refractivity contribution in [2.45, 2.75) is 178 Å². The topological polar surface area (TPSA) is 175 Å². The summed E-state index contributed by atoms with van der Waals surface area (Å²) in [7, 11) is 4.70. The molecule has 2 saturated heterocycles. The van der Waals surface area contributed by atoms with Crippen LogP contribution < -0.4 is 0 Å². The van der Waals surface area contributed by atoms with E-state index >= 15 is 0 Å². The molecule has 13 nitrogen and oxygen atoms in total. The summed E-state index contributed by atoms with van der Waals surface area (Å²) in [5.74, 6) is -7.50. The van der Waals surface area contributed by atoms with Gasteiger partial charge in [-0.25, -0.2) is 4.79 Å². The minimum Gasteiger partial charge on any atom is -0.460 e. The lowest BCUT2D eigenvalue weighted by molar-refractivity contribution is -0.265. The summed E-state index contributed by atoms with van der Waals surface area (Å²) in [6.45, 7) is 12.9. The van der Waals surface area contributed by atoms with Crippen molar-refractivity contribution in [3.05, 3.63) is 47.6 Å². The van der Waals surface area contributed by atoms with Crippen LogP contribution in [0.2, 0.25) is 0 Å². The lowest BCUT2D eigenvalue weighted by Crippen LogP contribution is -2.61. The Morgan fingerprint density at radius 2 is 1.60 bits per heavy atom. The number of esters is 1. The third kappa shape index (κ3) is 14.7. The number of fused-ring (bicyclic) bond motifs is 3. The van der Waals surface area contributed by atoms with Gasteiger partial charge in [-0.05, 0) is 107 Å². The predicted octanol–water partition coefficient (Wildman–Crippen LogP) is 7.62. The molecule has 3 aliphatic heterocycles. The number of ketones is 3. The highest BCUT2D eigenvalue weighted by molar-refractivity contribution is 14.1. The van der Waals surface area contributed by atoms with Gasteiger partial charge in [-0.2, -0.15) is 0 Å². The zero-order valence-corrected chi connectivity index (χ0v) is 42.7. The van der Waals surface area contributed by atoms with E-state index in [9.17, 15) is 34.2 Å². The highest BCUT2D eigenvalue weighted by Gasteiger charge is 2.53. The first kappa shape index (κ1) is 55.0. The molecule has 0 radical (unpaired) electrons. The summed E-state index contributed by atoms with van der Waals surface area (Å²) >= 11 is 2.43. The first-order valence-corrected chi connectivity index (χ1v) is 25.1. The average molecular weight is 1020 g/mol. The van der Waals surface area contributed by atoms with Gasteiger partial charge in [0, 0.05) is 62.4 Å². The van der Waals surface area contributed by atoms with Crippen LogP contribution in [0.5, 0.6) is 0 Å². The van der Waals surface area contributed by atoms with E-state index in [1.165, 1.54) is 12.0 Å². The van der Waals surface area contributed by atoms with Crippen LogP contribution in [0.1, 0.15) is 126 Å². The molecule has 0 spiro atoms. The second-order valence-electron chi connectivity index (χ2n) is 19.5. The third-order valence-corrected chi connectivity index (χ3v) is 15.9. The zero-order valence-electron chi connectivity index (χ0n) is 40.5. The lowest BCUT2D eigenvalue weighted by atomic mass is 9.79. The van der Waals surface area contributed by atoms with Gasteiger partial charge in [0.1, 0.15) is 30.1 Å². The first-order valence-electron chi connectivity index (χ1n) is 23.9. The van der Waals surface area contributed by atoms with E-state index < -0.39 is 77.8 Å². The van der Waals surface area contributed by atoms with Gasteiger partial charge in [-0.15, -0.1) is 0 Å². The van der Waals surface area contributed by atoms with Gasteiger partial charge < -0.3 is 38.8 Å². The standard InChI is InChI=1S/C51H78INO12/c1-30-16-12-11-13-17-31(2)42(61-8)28-38-21-19-36(7)51(60,65-38)48(57)49(58)53-23-15-14-18-40(53)50(59)64-43(33(4)26-37-20-22-39(52)44(27-37)62-9)29-41(54)32(3)25-35(6)46(56)47(63-10)45(55)34(5)24-30/h11-13,16-17,25,30,32-34,36-40,42-44,46-47,56,60H,14-15,18-24,26-29H2,1-10H3/b13-11+,16-12+,31-17+,35-25+/t30-,32-,33-,34-,36-,37+,38+,39+,40+,42+,43+,44-,46-,47+,51-/m1/s1. The highest BCUT2D eigenvalue weighted by Crippen LogP contribution is 2.38. The van der Waals surface area contributed by atoms with Crippen molar-refractivity contribution < 1.29 is 57.9 Å². The monoisotopic (exact) mass is 1020 g/mol. The fraction of sp³-hybridized carbons (Fsp3) is 0.745. The Morgan fingerprint density at radius 3 is 2.28 bits per heavy atom. The Hall–Kier alpha value is -2.60. The Morgan fingerprint density at radius 1 is 0.877 bits per heavy atom. The van der Waals surface area contributed by atoms with Crippen molar-refractivity contribution in [2.24, 2.45) is 35.5 Å². The quantitative estimate of drug-likeness (QED) is 0.0877. The van der Waals surface area contributed by atoms with Crippen molar-refractivity contribution in [1.29, 1.82) is 0 Å². The van der Waals surface area contributed by atoms with Crippen molar-refractivity contribution in [2.75, 3.05) is 27.9 Å². The molecule has 2 N–H and O–H groups in total. The number of aliphatic hydroxyl groups excluding tert-OH is 1. The number of halogens is 1. The van der Waals surface area contributed by atoms with Gasteiger partial charge in [0.2, 0.25) is 5.79 Å². The average Bonchev–Trinajstić information content (AvgIpc) is 3.28. The molecule has 3 heterocycles. The van der Waals surface area contributed by atoms with Crippen LogP contribution in [0.3, 0.4) is 0 Å². The third-order valence-electron chi connectivity index (χ3n) is 14.4. The van der Waals surface area contributed by atoms with Gasteiger partial charge in [0.25, 0.3) is 11.7 Å². The van der Waals surface area contributed by atoms with Gasteiger partial charge in [0.05, 0.1) is 18.3 Å². The SMILES string of the molecule is CO[C@H]1C[C@@H]2CC[C@@H](C)[C@@](O)(O2)C(=O)C(=O)N2CCCC[C@H]2C(=O)O[C@H]([C@H](C)C[C@@H]2CC[C@H](I)[C@H](OC)C2)CC(=O)[C@H](C)/C=C(\C)[C@@H](O)[C@@H](OC)C(=O)[C@H](C)C[C@H](C)/C=C/C=C/C=C/1C. The molecule has 1 amide bonds. The Balaban J connectivity index is 1.70. The van der Waals surface area contributed by atoms with E-state index in [1.54, 1.807) is 41.1 Å². The Bertz CT molecular complexity index is 1760. The number of Topliss-reactive ketones (excluding diaryl/α,β-unsaturated/α-hetero) is 3. The van der Waals surface area contributed by atoms with Crippen molar-refractivity contribution in [3.8, 4) is 0 Å². The van der Waals surface area contributed by atoms with Gasteiger partial charge in [-0.1, -0.05) is 93.7 Å². The number of carbonyl (C=O) groups is 5. The molecule has 1 saturated carbocycles. The van der Waals surface area contributed by atoms with Crippen LogP contribution >= 0.6 is 22.6 Å². The second-order valence-corrected chi connectivity index (χ2v) is 21.1. The molecule has 0 unspecified atom stereocenters. The summed E-state index contributed by atoms with van der Waals surface area (Å²) < 4.78 is 30.1. The number of hydrogen-bond acceptors (Lipinski definition) is 12. The molecular formula is C51H78INO12. The molecule has 3 fully saturated rings. The molecule has 366 valence electrons. The highest BCUT2D eigenvalue weighted by atomic mass is 127. The number of methoxy groups -OCH3 is 3. The summed E-state index contributed by atoms with van der Waals surface area (Å²) in [6, 6.07) is -1.11. The Labute approximate surface area is 401 Å². The summed E-state index contributed by atoms with van der Waals surface area (Å²) in [5.41, 5.74) is 1.30. The first-order chi connectivity index (χ1) is 30.7. The van der Waals surface area contributed by atoms with Crippen LogP contribution in [0.4, 0.5) is 0 Å². The normalized spacial score (nSPS) is 40.4. The summed E-state index contributed by atoms with van der Waals surface area (Å²) in [6.07, 6.45) is 13.6. The maximum atomic E-state index is 14.4. The van der Waals surface area contributed by atoms with Gasteiger partial charge >= 0.3 is 5.97 Å². The van der Waals surface area contributed by atoms with Crippen molar-refractivity contribution in [1.82, 2.24) is 4.90 Å². The molecule has 4 aliphatic rings. The predicted molar refractivity (Wildman–Crippen MR) is 257 cm³/mol. The van der Waals surface area contributed by atoms with E-state index in [2.05, 4.69) is 22.6 Å². The van der Waals surface area contributed by atoms with Crippen LogP contribution in [0.25, 0.3) is 0 Å². The number of ether oxygens (including phenoxy) is 5. The number of nitrogens with zero attached hydrogens (tertiary/aromatic N) is 1. The molecule has 2 bridgehead atoms. The molecule has 0 aromatic rings. The number of cyclic esters (lactones) is 1. The number of rotatable bonds is 6. The number of carbonyl (C=O) groups excluding carboxylic acids is 5. The van der Waals surface area contributed by atoms with E-state index in [0.29, 0.717) is 54.4 Å². The van der Waals surface area contributed by atoms with Crippen molar-refractivity contribution >= 4 is 51.8 Å². The van der Waals surface area contributed by atoms with Crippen LogP contribution in [-0.4, -0.2) is 125 Å². The maximum absolute atomic E-state index is 14.4. The fourth-order valence-electron chi connectivity index (χ4n) is 10.1. The van der Waals surface area contributed by atoms with E-state index in [-0.39, 0.29) is 54.8 Å². The molecule has 15 atom stereocenters. The minimum absolute atomic E-state index is 0.0301. The van der Waals surface area contributed by atoms with Crippen LogP contribution in [0, 0.1) is 35.5 Å². The molecule has 1 aliphatic carbocycles. The largest absolute Gasteiger partial charge is 0.460 e. The number of alkyl halides is 1. The van der Waals surface area contributed by atoms with Gasteiger partial charge in [-0.3, -0.25) is 19.2 Å². The van der Waals surface area contributed by atoms with E-state index in [1.807, 2.05) is 58.1 Å². The maximum Gasteiger partial charge on any atom is 0.329 e. The summed E-state index contributed by atoms with van der Waals surface area (Å²) in [4.78, 5) is 71.9. The lowest BCUT2D eigenvalue weighted by Gasteiger charge is -2.42. The smallest absolute Gasteiger partial charge is 0.329 e. The molecule has 4 rings (SSSR count). The van der Waals surface area contributed by atoms with E-state index in [4.69, 9.17) is 23.7 Å². The number of amides is 1. The van der Waals surface area contributed by atoms with Crippen LogP contribution in [0.15, 0.2) is 47.6 Å². The number of aliphatic hydroxyl groups is 2. The second kappa shape index (κ2) is 25.7. The fourth-order valence-corrected chi connectivity index (χ4v) is 11.0. The summed E-state index contributed by atoms with van der Waals surface area (Å²) in [5, 5.41) is 23.4. The van der Waals surface area contributed by atoms with Crippen LogP contribution in [-0.2, 0) is 47.7 Å². The molecule has 0 aromatic heterocycles. The molecule has 14 heteroatoms.